The Labute approximate surface area is 143 Å². The SMILES string of the molecule is C[C@@H](Nc1cccc(Br)c1)C(=O)NCc1ccc2c(c1)OCO2. The van der Waals surface area contributed by atoms with Crippen LogP contribution in [0.4, 0.5) is 5.69 Å². The summed E-state index contributed by atoms with van der Waals surface area (Å²) >= 11 is 3.41. The number of halogens is 1. The predicted octanol–water partition coefficient (Wildman–Crippen LogP) is 3.29. The number of ether oxygens (including phenoxy) is 2. The zero-order valence-corrected chi connectivity index (χ0v) is 14.2. The summed E-state index contributed by atoms with van der Waals surface area (Å²) in [4.78, 5) is 12.2. The Morgan fingerprint density at radius 3 is 2.87 bits per heavy atom. The van der Waals surface area contributed by atoms with E-state index in [-0.39, 0.29) is 18.7 Å². The minimum Gasteiger partial charge on any atom is -0.454 e. The van der Waals surface area contributed by atoms with Crippen LogP contribution in [0.15, 0.2) is 46.9 Å². The molecule has 5 nitrogen and oxygen atoms in total. The van der Waals surface area contributed by atoms with E-state index >= 15 is 0 Å². The van der Waals surface area contributed by atoms with Crippen molar-refractivity contribution in [3.63, 3.8) is 0 Å². The van der Waals surface area contributed by atoms with Crippen molar-refractivity contribution in [1.82, 2.24) is 5.32 Å². The first kappa shape index (κ1) is 15.7. The average molecular weight is 377 g/mol. The highest BCUT2D eigenvalue weighted by Crippen LogP contribution is 2.32. The fourth-order valence-electron chi connectivity index (χ4n) is 2.29. The van der Waals surface area contributed by atoms with E-state index in [2.05, 4.69) is 26.6 Å². The van der Waals surface area contributed by atoms with Crippen molar-refractivity contribution in [3.05, 3.63) is 52.5 Å². The van der Waals surface area contributed by atoms with Gasteiger partial charge in [0.25, 0.3) is 0 Å². The van der Waals surface area contributed by atoms with Gasteiger partial charge in [-0.3, -0.25) is 4.79 Å². The molecule has 0 saturated heterocycles. The van der Waals surface area contributed by atoms with Gasteiger partial charge in [0.1, 0.15) is 6.04 Å². The highest BCUT2D eigenvalue weighted by atomic mass is 79.9. The van der Waals surface area contributed by atoms with Crippen LogP contribution in [0.3, 0.4) is 0 Å². The van der Waals surface area contributed by atoms with Gasteiger partial charge >= 0.3 is 0 Å². The number of fused-ring (bicyclic) bond motifs is 1. The highest BCUT2D eigenvalue weighted by molar-refractivity contribution is 9.10. The van der Waals surface area contributed by atoms with Gasteiger partial charge in [-0.1, -0.05) is 28.1 Å². The maximum absolute atomic E-state index is 12.2. The van der Waals surface area contributed by atoms with Gasteiger partial charge in [-0.25, -0.2) is 0 Å². The number of carbonyl (C=O) groups is 1. The van der Waals surface area contributed by atoms with Gasteiger partial charge < -0.3 is 20.1 Å². The summed E-state index contributed by atoms with van der Waals surface area (Å²) in [5.74, 6) is 1.39. The van der Waals surface area contributed by atoms with E-state index in [9.17, 15) is 4.79 Å². The Morgan fingerprint density at radius 2 is 2.04 bits per heavy atom. The van der Waals surface area contributed by atoms with Crippen LogP contribution in [-0.4, -0.2) is 18.7 Å². The normalized spacial score (nSPS) is 13.5. The van der Waals surface area contributed by atoms with Crippen LogP contribution in [0.1, 0.15) is 12.5 Å². The molecule has 0 fully saturated rings. The molecule has 2 N–H and O–H groups in total. The van der Waals surface area contributed by atoms with Crippen molar-refractivity contribution in [3.8, 4) is 11.5 Å². The molecule has 0 saturated carbocycles. The molecule has 1 aliphatic rings. The lowest BCUT2D eigenvalue weighted by atomic mass is 10.2. The summed E-state index contributed by atoms with van der Waals surface area (Å²) < 4.78 is 11.6. The minimum absolute atomic E-state index is 0.0670. The van der Waals surface area contributed by atoms with Crippen molar-refractivity contribution >= 4 is 27.5 Å². The standard InChI is InChI=1S/C17H17BrN2O3/c1-11(20-14-4-2-3-13(18)8-14)17(21)19-9-12-5-6-15-16(7-12)23-10-22-15/h2-8,11,20H,9-10H2,1H3,(H,19,21)/t11-/m1/s1. The molecular formula is C17H17BrN2O3. The van der Waals surface area contributed by atoms with E-state index in [0.717, 1.165) is 27.2 Å². The molecule has 6 heteroatoms. The molecule has 1 amide bonds. The first-order valence-electron chi connectivity index (χ1n) is 7.30. The van der Waals surface area contributed by atoms with Crippen molar-refractivity contribution in [1.29, 1.82) is 0 Å². The predicted molar refractivity (Wildman–Crippen MR) is 91.6 cm³/mol. The van der Waals surface area contributed by atoms with Crippen LogP contribution < -0.4 is 20.1 Å². The van der Waals surface area contributed by atoms with Crippen LogP contribution in [-0.2, 0) is 11.3 Å². The number of hydrogen-bond donors (Lipinski definition) is 2. The molecule has 0 aromatic heterocycles. The van der Waals surface area contributed by atoms with Crippen LogP contribution in [0, 0.1) is 0 Å². The molecule has 1 atom stereocenters. The van der Waals surface area contributed by atoms with Crippen LogP contribution in [0.2, 0.25) is 0 Å². The van der Waals surface area contributed by atoms with Gasteiger partial charge in [-0.2, -0.15) is 0 Å². The molecule has 120 valence electrons. The molecule has 1 heterocycles. The zero-order valence-electron chi connectivity index (χ0n) is 12.6. The molecule has 2 aromatic carbocycles. The number of hydrogen-bond acceptors (Lipinski definition) is 4. The fraction of sp³-hybridized carbons (Fsp3) is 0.235. The fourth-order valence-corrected chi connectivity index (χ4v) is 2.69. The van der Waals surface area contributed by atoms with E-state index in [1.807, 2.05) is 49.4 Å². The lowest BCUT2D eigenvalue weighted by Crippen LogP contribution is -2.37. The molecule has 0 aliphatic carbocycles. The molecule has 0 unspecified atom stereocenters. The molecule has 3 rings (SSSR count). The lowest BCUT2D eigenvalue weighted by Gasteiger charge is -2.15. The summed E-state index contributed by atoms with van der Waals surface area (Å²) in [5.41, 5.74) is 1.86. The lowest BCUT2D eigenvalue weighted by molar-refractivity contribution is -0.121. The summed E-state index contributed by atoms with van der Waals surface area (Å²) in [6, 6.07) is 13.0. The van der Waals surface area contributed by atoms with Crippen molar-refractivity contribution < 1.29 is 14.3 Å². The Morgan fingerprint density at radius 1 is 1.22 bits per heavy atom. The maximum Gasteiger partial charge on any atom is 0.242 e. The van der Waals surface area contributed by atoms with E-state index in [1.54, 1.807) is 0 Å². The van der Waals surface area contributed by atoms with Crippen LogP contribution in [0.25, 0.3) is 0 Å². The molecule has 2 aromatic rings. The van der Waals surface area contributed by atoms with Gasteiger partial charge in [0.15, 0.2) is 11.5 Å². The van der Waals surface area contributed by atoms with Gasteiger partial charge in [0, 0.05) is 16.7 Å². The van der Waals surface area contributed by atoms with Crippen LogP contribution in [0.5, 0.6) is 11.5 Å². The smallest absolute Gasteiger partial charge is 0.242 e. The van der Waals surface area contributed by atoms with E-state index in [0.29, 0.717) is 6.54 Å². The summed E-state index contributed by atoms with van der Waals surface area (Å²) in [6.45, 7) is 2.52. The van der Waals surface area contributed by atoms with Gasteiger partial charge in [0.2, 0.25) is 12.7 Å². The van der Waals surface area contributed by atoms with Gasteiger partial charge in [-0.05, 0) is 42.8 Å². The van der Waals surface area contributed by atoms with Gasteiger partial charge in [-0.15, -0.1) is 0 Å². The average Bonchev–Trinajstić information content (AvgIpc) is 3.00. The first-order valence-corrected chi connectivity index (χ1v) is 8.09. The zero-order chi connectivity index (χ0) is 16.2. The third-order valence-electron chi connectivity index (χ3n) is 3.50. The number of nitrogens with one attached hydrogen (secondary N) is 2. The second-order valence-corrected chi connectivity index (χ2v) is 6.20. The maximum atomic E-state index is 12.2. The Balaban J connectivity index is 1.54. The second kappa shape index (κ2) is 6.91. The first-order chi connectivity index (χ1) is 11.1. The summed E-state index contributed by atoms with van der Waals surface area (Å²) in [6.07, 6.45) is 0. The largest absolute Gasteiger partial charge is 0.454 e. The number of carbonyl (C=O) groups excluding carboxylic acids is 1. The topological polar surface area (TPSA) is 59.6 Å². The molecule has 1 aliphatic heterocycles. The summed E-state index contributed by atoms with van der Waals surface area (Å²) in [5, 5.41) is 6.09. The Bertz CT molecular complexity index is 721. The van der Waals surface area contributed by atoms with Crippen molar-refractivity contribution in [2.24, 2.45) is 0 Å². The Hall–Kier alpha value is -2.21. The number of rotatable bonds is 5. The summed E-state index contributed by atoms with van der Waals surface area (Å²) in [7, 11) is 0. The van der Waals surface area contributed by atoms with E-state index in [1.165, 1.54) is 0 Å². The van der Waals surface area contributed by atoms with E-state index < -0.39 is 0 Å². The quantitative estimate of drug-likeness (QED) is 0.840. The number of amides is 1. The molecular weight excluding hydrogens is 360 g/mol. The van der Waals surface area contributed by atoms with Crippen LogP contribution >= 0.6 is 15.9 Å². The second-order valence-electron chi connectivity index (χ2n) is 5.28. The molecule has 23 heavy (non-hydrogen) atoms. The highest BCUT2D eigenvalue weighted by Gasteiger charge is 2.15. The molecule has 0 spiro atoms. The molecule has 0 bridgehead atoms. The number of benzene rings is 2. The van der Waals surface area contributed by atoms with Crippen molar-refractivity contribution in [2.75, 3.05) is 12.1 Å². The molecule has 0 radical (unpaired) electrons. The number of anilines is 1. The van der Waals surface area contributed by atoms with Gasteiger partial charge in [0.05, 0.1) is 0 Å². The monoisotopic (exact) mass is 376 g/mol. The third kappa shape index (κ3) is 3.96. The third-order valence-corrected chi connectivity index (χ3v) is 4.00. The van der Waals surface area contributed by atoms with Crippen molar-refractivity contribution in [2.45, 2.75) is 19.5 Å². The minimum atomic E-state index is -0.335. The van der Waals surface area contributed by atoms with E-state index in [4.69, 9.17) is 9.47 Å². The Kier molecular flexibility index (Phi) is 4.71.